The van der Waals surface area contributed by atoms with E-state index >= 15 is 0 Å². The quantitative estimate of drug-likeness (QED) is 0.720. The zero-order valence-electron chi connectivity index (χ0n) is 7.92. The molecule has 0 atom stereocenters. The molecule has 0 radical (unpaired) electrons. The lowest BCUT2D eigenvalue weighted by molar-refractivity contribution is 0.345. The Hall–Kier alpha value is -0.500. The van der Waals surface area contributed by atoms with Crippen molar-refractivity contribution in [1.82, 2.24) is 0 Å². The molecule has 0 saturated heterocycles. The minimum atomic E-state index is 0.729. The normalized spacial score (nSPS) is 10.0. The van der Waals surface area contributed by atoms with Gasteiger partial charge in [0.1, 0.15) is 5.75 Å². The average Bonchev–Trinajstić information content (AvgIpc) is 2.17. The van der Waals surface area contributed by atoms with Gasteiger partial charge in [0.2, 0.25) is 0 Å². The standard InChI is InChI=1S/C11H15BrO/c1-2-3-10-4-6-11(7-5-10)13-9-8-12/h4-7H,2-3,8-9H2,1H3. The van der Waals surface area contributed by atoms with E-state index in [1.165, 1.54) is 12.0 Å². The predicted molar refractivity (Wildman–Crippen MR) is 59.7 cm³/mol. The van der Waals surface area contributed by atoms with Crippen molar-refractivity contribution in [2.75, 3.05) is 11.9 Å². The summed E-state index contributed by atoms with van der Waals surface area (Å²) >= 11 is 3.32. The van der Waals surface area contributed by atoms with Crippen molar-refractivity contribution < 1.29 is 4.74 Å². The molecule has 0 N–H and O–H groups in total. The molecule has 0 aliphatic carbocycles. The van der Waals surface area contributed by atoms with Crippen molar-refractivity contribution in [2.45, 2.75) is 19.8 Å². The molecule has 2 heteroatoms. The van der Waals surface area contributed by atoms with Crippen LogP contribution >= 0.6 is 15.9 Å². The maximum atomic E-state index is 5.44. The van der Waals surface area contributed by atoms with Gasteiger partial charge in [-0.3, -0.25) is 0 Å². The fraction of sp³-hybridized carbons (Fsp3) is 0.455. The minimum absolute atomic E-state index is 0.729. The lowest BCUT2D eigenvalue weighted by Gasteiger charge is -2.04. The van der Waals surface area contributed by atoms with Crippen molar-refractivity contribution in [1.29, 1.82) is 0 Å². The summed E-state index contributed by atoms with van der Waals surface area (Å²) in [7, 11) is 0. The van der Waals surface area contributed by atoms with Crippen molar-refractivity contribution in [3.05, 3.63) is 29.8 Å². The summed E-state index contributed by atoms with van der Waals surface area (Å²) in [5, 5.41) is 0.879. The Morgan fingerprint density at radius 1 is 1.23 bits per heavy atom. The Morgan fingerprint density at radius 2 is 1.92 bits per heavy atom. The first-order valence-electron chi connectivity index (χ1n) is 4.64. The van der Waals surface area contributed by atoms with Gasteiger partial charge in [-0.2, -0.15) is 0 Å². The lowest BCUT2D eigenvalue weighted by Crippen LogP contribution is -1.97. The highest BCUT2D eigenvalue weighted by Gasteiger charge is 1.93. The van der Waals surface area contributed by atoms with Crippen LogP contribution in [0.25, 0.3) is 0 Å². The third kappa shape index (κ3) is 3.81. The van der Waals surface area contributed by atoms with Crippen molar-refractivity contribution >= 4 is 15.9 Å². The predicted octanol–water partition coefficient (Wildman–Crippen LogP) is 3.41. The summed E-state index contributed by atoms with van der Waals surface area (Å²) < 4.78 is 5.44. The number of rotatable bonds is 5. The molecule has 0 aromatic heterocycles. The maximum absolute atomic E-state index is 5.44. The largest absolute Gasteiger partial charge is 0.493 e. The molecule has 0 unspecified atom stereocenters. The summed E-state index contributed by atoms with van der Waals surface area (Å²) in [6, 6.07) is 8.33. The summed E-state index contributed by atoms with van der Waals surface area (Å²) in [6.45, 7) is 2.92. The second-order valence-corrected chi connectivity index (χ2v) is 3.72. The van der Waals surface area contributed by atoms with E-state index < -0.39 is 0 Å². The molecule has 0 aliphatic heterocycles. The lowest BCUT2D eigenvalue weighted by atomic mass is 10.1. The Balaban J connectivity index is 2.48. The van der Waals surface area contributed by atoms with Gasteiger partial charge in [-0.25, -0.2) is 0 Å². The van der Waals surface area contributed by atoms with Crippen molar-refractivity contribution in [3.63, 3.8) is 0 Å². The van der Waals surface area contributed by atoms with E-state index in [9.17, 15) is 0 Å². The Bertz CT molecular complexity index is 230. The summed E-state index contributed by atoms with van der Waals surface area (Å²) in [5.41, 5.74) is 1.38. The van der Waals surface area contributed by atoms with Crippen LogP contribution in [0.5, 0.6) is 5.75 Å². The molecule has 0 aliphatic rings. The first-order valence-corrected chi connectivity index (χ1v) is 5.76. The van der Waals surface area contributed by atoms with Crippen molar-refractivity contribution in [3.8, 4) is 5.75 Å². The fourth-order valence-corrected chi connectivity index (χ4v) is 1.36. The van der Waals surface area contributed by atoms with Gasteiger partial charge >= 0.3 is 0 Å². The second kappa shape index (κ2) is 6.03. The molecule has 0 bridgehead atoms. The number of hydrogen-bond donors (Lipinski definition) is 0. The van der Waals surface area contributed by atoms with Gasteiger partial charge in [0.25, 0.3) is 0 Å². The Labute approximate surface area is 88.2 Å². The second-order valence-electron chi connectivity index (χ2n) is 2.93. The van der Waals surface area contributed by atoms with E-state index in [2.05, 4.69) is 35.0 Å². The van der Waals surface area contributed by atoms with E-state index in [0.717, 1.165) is 24.1 Å². The van der Waals surface area contributed by atoms with E-state index in [1.54, 1.807) is 0 Å². The van der Waals surface area contributed by atoms with Gasteiger partial charge in [0, 0.05) is 5.33 Å². The van der Waals surface area contributed by atoms with Crippen LogP contribution in [0.3, 0.4) is 0 Å². The smallest absolute Gasteiger partial charge is 0.119 e. The number of ether oxygens (including phenoxy) is 1. The van der Waals surface area contributed by atoms with Gasteiger partial charge < -0.3 is 4.74 Å². The minimum Gasteiger partial charge on any atom is -0.493 e. The van der Waals surface area contributed by atoms with Crippen molar-refractivity contribution in [2.24, 2.45) is 0 Å². The summed E-state index contributed by atoms with van der Waals surface area (Å²) in [5.74, 6) is 0.958. The SMILES string of the molecule is CCCc1ccc(OCCBr)cc1. The van der Waals surface area contributed by atoms with Crippen LogP contribution in [-0.2, 0) is 6.42 Å². The fourth-order valence-electron chi connectivity index (χ4n) is 1.20. The van der Waals surface area contributed by atoms with Gasteiger partial charge in [0.15, 0.2) is 0 Å². The Kier molecular flexibility index (Phi) is 4.91. The molecule has 13 heavy (non-hydrogen) atoms. The van der Waals surface area contributed by atoms with Crippen LogP contribution in [0.2, 0.25) is 0 Å². The summed E-state index contributed by atoms with van der Waals surface area (Å²) in [4.78, 5) is 0. The third-order valence-electron chi connectivity index (χ3n) is 1.81. The monoisotopic (exact) mass is 242 g/mol. The molecule has 1 nitrogen and oxygen atoms in total. The third-order valence-corrected chi connectivity index (χ3v) is 2.13. The van der Waals surface area contributed by atoms with Crippen LogP contribution in [0, 0.1) is 0 Å². The van der Waals surface area contributed by atoms with E-state index in [1.807, 2.05) is 12.1 Å². The molecule has 0 spiro atoms. The molecule has 1 aromatic rings. The highest BCUT2D eigenvalue weighted by atomic mass is 79.9. The zero-order chi connectivity index (χ0) is 9.52. The first kappa shape index (κ1) is 10.6. The molecule has 0 saturated carbocycles. The highest BCUT2D eigenvalue weighted by molar-refractivity contribution is 9.09. The molecular weight excluding hydrogens is 228 g/mol. The average molecular weight is 243 g/mol. The Morgan fingerprint density at radius 3 is 2.46 bits per heavy atom. The summed E-state index contributed by atoms with van der Waals surface area (Å²) in [6.07, 6.45) is 2.35. The van der Waals surface area contributed by atoms with Crippen LogP contribution in [0.15, 0.2) is 24.3 Å². The first-order chi connectivity index (χ1) is 6.36. The van der Waals surface area contributed by atoms with Crippen LogP contribution in [0.4, 0.5) is 0 Å². The van der Waals surface area contributed by atoms with Crippen LogP contribution < -0.4 is 4.74 Å². The van der Waals surface area contributed by atoms with E-state index in [4.69, 9.17) is 4.74 Å². The van der Waals surface area contributed by atoms with Gasteiger partial charge in [-0.1, -0.05) is 41.4 Å². The molecule has 0 amide bonds. The van der Waals surface area contributed by atoms with Gasteiger partial charge in [-0.05, 0) is 24.1 Å². The van der Waals surface area contributed by atoms with E-state index in [0.29, 0.717) is 0 Å². The number of aryl methyl sites for hydroxylation is 1. The number of halogens is 1. The number of benzene rings is 1. The zero-order valence-corrected chi connectivity index (χ0v) is 9.51. The molecule has 1 rings (SSSR count). The van der Waals surface area contributed by atoms with E-state index in [-0.39, 0.29) is 0 Å². The van der Waals surface area contributed by atoms with Gasteiger partial charge in [-0.15, -0.1) is 0 Å². The van der Waals surface area contributed by atoms with Crippen LogP contribution in [0.1, 0.15) is 18.9 Å². The molecule has 0 fully saturated rings. The molecule has 1 aromatic carbocycles. The molecular formula is C11H15BrO. The highest BCUT2D eigenvalue weighted by Crippen LogP contribution is 2.13. The maximum Gasteiger partial charge on any atom is 0.119 e. The van der Waals surface area contributed by atoms with Gasteiger partial charge in [0.05, 0.1) is 6.61 Å². The number of hydrogen-bond acceptors (Lipinski definition) is 1. The molecule has 0 heterocycles. The molecule has 72 valence electrons. The van der Waals surface area contributed by atoms with Crippen LogP contribution in [-0.4, -0.2) is 11.9 Å². The topological polar surface area (TPSA) is 9.23 Å². The number of alkyl halides is 1.